The van der Waals surface area contributed by atoms with Crippen LogP contribution >= 0.6 is 0 Å². The molecular formula is C141H102N6. The van der Waals surface area contributed by atoms with Gasteiger partial charge in [0.25, 0.3) is 0 Å². The summed E-state index contributed by atoms with van der Waals surface area (Å²) in [6, 6.07) is 210. The SMILES string of the molecule is CC1(C)c2ccccc2-c2ccc(-n3c4ccccc4c4cc(N(c5ccc(-c6ccccc6)cc5)c5ccc(-c6ccccc6)cc5)ccc43)cc21.c1ccc(-c2ccc(N(c3ccc(-c4ccccc4)cc3)c3ccc4c(c3)c3ccccc3n4-c3ccccc3)cc2)cc1.c1ccc(-c2ccc(N(c3ccc(-c4ccccc4)cc3)c3ccc4c5ccccc5n(-c5ccc(-c6ccccc6)cc5)c4c3)cc2)cc1. The molecule has 0 amide bonds. The van der Waals surface area contributed by atoms with Crippen LogP contribution in [0.1, 0.15) is 25.0 Å². The molecule has 0 saturated carbocycles. The van der Waals surface area contributed by atoms with Crippen molar-refractivity contribution in [2.45, 2.75) is 19.3 Å². The quantitative estimate of drug-likeness (QED) is 0.0806. The lowest BCUT2D eigenvalue weighted by Gasteiger charge is -2.26. The summed E-state index contributed by atoms with van der Waals surface area (Å²) < 4.78 is 7.21. The second-order valence-corrected chi connectivity index (χ2v) is 38.3. The van der Waals surface area contributed by atoms with Crippen molar-refractivity contribution in [1.82, 2.24) is 13.7 Å². The zero-order valence-corrected chi connectivity index (χ0v) is 81.6. The minimum atomic E-state index is -0.0690. The summed E-state index contributed by atoms with van der Waals surface area (Å²) in [5.41, 5.74) is 42.9. The molecule has 1 aliphatic rings. The van der Waals surface area contributed by atoms with Crippen LogP contribution in [0.15, 0.2) is 582 Å². The molecule has 0 saturated heterocycles. The van der Waals surface area contributed by atoms with E-state index in [9.17, 15) is 0 Å². The second-order valence-electron chi connectivity index (χ2n) is 38.3. The smallest absolute Gasteiger partial charge is 0.0561 e. The van der Waals surface area contributed by atoms with Gasteiger partial charge < -0.3 is 28.4 Å². The van der Waals surface area contributed by atoms with Crippen molar-refractivity contribution < 1.29 is 0 Å². The van der Waals surface area contributed by atoms with Gasteiger partial charge in [-0.15, -0.1) is 0 Å². The lowest BCUT2D eigenvalue weighted by atomic mass is 9.82. The fourth-order valence-electron chi connectivity index (χ4n) is 21.9. The predicted molar refractivity (Wildman–Crippen MR) is 622 cm³/mol. The second kappa shape index (κ2) is 39.0. The molecule has 147 heavy (non-hydrogen) atoms. The van der Waals surface area contributed by atoms with Crippen LogP contribution in [0.3, 0.4) is 0 Å². The summed E-state index contributed by atoms with van der Waals surface area (Å²) in [6.07, 6.45) is 0. The third kappa shape index (κ3) is 17.2. The van der Waals surface area contributed by atoms with E-state index in [1.165, 1.54) is 171 Å². The number of benzene rings is 23. The molecule has 696 valence electrons. The Morgan fingerprint density at radius 1 is 0.136 bits per heavy atom. The molecule has 0 radical (unpaired) electrons. The molecule has 23 aromatic carbocycles. The molecule has 3 heterocycles. The highest BCUT2D eigenvalue weighted by molar-refractivity contribution is 6.14. The van der Waals surface area contributed by atoms with Gasteiger partial charge in [-0.25, -0.2) is 0 Å². The lowest BCUT2D eigenvalue weighted by Crippen LogP contribution is -2.15. The van der Waals surface area contributed by atoms with Gasteiger partial charge in [0.05, 0.1) is 33.1 Å². The number of hydrogen-bond acceptors (Lipinski definition) is 3. The number of rotatable bonds is 19. The molecule has 0 spiro atoms. The number of hydrogen-bond donors (Lipinski definition) is 0. The van der Waals surface area contributed by atoms with Crippen LogP contribution in [0.4, 0.5) is 51.2 Å². The molecule has 1 aliphatic carbocycles. The van der Waals surface area contributed by atoms with Gasteiger partial charge in [0.1, 0.15) is 0 Å². The number of aromatic nitrogens is 3. The monoisotopic (exact) mass is 1880 g/mol. The zero-order valence-electron chi connectivity index (χ0n) is 81.6. The van der Waals surface area contributed by atoms with E-state index >= 15 is 0 Å². The Morgan fingerprint density at radius 3 is 0.694 bits per heavy atom. The van der Waals surface area contributed by atoms with Crippen molar-refractivity contribution in [2.24, 2.45) is 0 Å². The average molecular weight is 1880 g/mol. The molecule has 27 rings (SSSR count). The van der Waals surface area contributed by atoms with E-state index in [0.717, 1.165) is 62.6 Å². The Hall–Kier alpha value is -19.1. The number of para-hydroxylation sites is 4. The Labute approximate surface area is 857 Å². The van der Waals surface area contributed by atoms with E-state index in [1.807, 2.05) is 0 Å². The van der Waals surface area contributed by atoms with Gasteiger partial charge in [0.2, 0.25) is 0 Å². The highest BCUT2D eigenvalue weighted by Gasteiger charge is 2.36. The van der Waals surface area contributed by atoms with Crippen LogP contribution in [0.25, 0.3) is 171 Å². The average Bonchev–Trinajstić information content (AvgIpc) is 1.57. The van der Waals surface area contributed by atoms with Gasteiger partial charge >= 0.3 is 0 Å². The van der Waals surface area contributed by atoms with E-state index in [1.54, 1.807) is 0 Å². The van der Waals surface area contributed by atoms with Crippen molar-refractivity contribution in [2.75, 3.05) is 14.7 Å². The number of anilines is 9. The molecule has 6 nitrogen and oxygen atoms in total. The highest BCUT2D eigenvalue weighted by atomic mass is 15.2. The van der Waals surface area contributed by atoms with Crippen LogP contribution < -0.4 is 14.7 Å². The normalized spacial score (nSPS) is 11.8. The van der Waals surface area contributed by atoms with Gasteiger partial charge in [0, 0.05) is 106 Å². The van der Waals surface area contributed by atoms with Gasteiger partial charge in [-0.3, -0.25) is 0 Å². The van der Waals surface area contributed by atoms with Crippen LogP contribution in [0, 0.1) is 0 Å². The van der Waals surface area contributed by atoms with E-state index in [4.69, 9.17) is 0 Å². The molecule has 0 aliphatic heterocycles. The predicted octanol–water partition coefficient (Wildman–Crippen LogP) is 38.7. The lowest BCUT2D eigenvalue weighted by molar-refractivity contribution is 0.660. The Bertz CT molecular complexity index is 8950. The largest absolute Gasteiger partial charge is 0.310 e. The molecular weight excluding hydrogens is 1780 g/mol. The third-order valence-corrected chi connectivity index (χ3v) is 29.2. The first-order valence-electron chi connectivity index (χ1n) is 50.6. The fourth-order valence-corrected chi connectivity index (χ4v) is 21.9. The summed E-state index contributed by atoms with van der Waals surface area (Å²) >= 11 is 0. The maximum absolute atomic E-state index is 2.45. The third-order valence-electron chi connectivity index (χ3n) is 29.2. The molecule has 6 heteroatoms. The maximum atomic E-state index is 2.45. The first-order chi connectivity index (χ1) is 72.7. The minimum Gasteiger partial charge on any atom is -0.310 e. The van der Waals surface area contributed by atoms with Crippen molar-refractivity contribution in [3.63, 3.8) is 0 Å². The van der Waals surface area contributed by atoms with E-state index < -0.39 is 0 Å². The van der Waals surface area contributed by atoms with Crippen LogP contribution in [0.5, 0.6) is 0 Å². The Kier molecular flexibility index (Phi) is 23.7. The molecule has 0 fully saturated rings. The van der Waals surface area contributed by atoms with Crippen molar-refractivity contribution in [3.05, 3.63) is 593 Å². The highest BCUT2D eigenvalue weighted by Crippen LogP contribution is 2.52. The summed E-state index contributed by atoms with van der Waals surface area (Å²) in [4.78, 5) is 7.10. The summed E-state index contributed by atoms with van der Waals surface area (Å²) in [5.74, 6) is 0. The van der Waals surface area contributed by atoms with Crippen LogP contribution in [-0.2, 0) is 5.41 Å². The van der Waals surface area contributed by atoms with Gasteiger partial charge in [-0.05, 0) is 276 Å². The molecule has 0 bridgehead atoms. The minimum absolute atomic E-state index is 0.0690. The van der Waals surface area contributed by atoms with Crippen molar-refractivity contribution in [3.8, 4) is 106 Å². The number of fused-ring (bicyclic) bond motifs is 12. The Morgan fingerprint density at radius 2 is 0.354 bits per heavy atom. The first-order valence-corrected chi connectivity index (χ1v) is 50.6. The zero-order chi connectivity index (χ0) is 98.1. The van der Waals surface area contributed by atoms with E-state index in [-0.39, 0.29) is 5.41 Å². The molecule has 0 N–H and O–H groups in total. The summed E-state index contributed by atoms with van der Waals surface area (Å²) in [5, 5.41) is 7.42. The summed E-state index contributed by atoms with van der Waals surface area (Å²) in [6.45, 7) is 4.71. The maximum Gasteiger partial charge on any atom is 0.0561 e. The number of nitrogens with zero attached hydrogens (tertiary/aromatic N) is 6. The van der Waals surface area contributed by atoms with Crippen LogP contribution in [0.2, 0.25) is 0 Å². The summed E-state index contributed by atoms with van der Waals surface area (Å²) in [7, 11) is 0. The van der Waals surface area contributed by atoms with Crippen molar-refractivity contribution >= 4 is 117 Å². The standard InChI is InChI=1S/C51H38N2.C48H34N2.C42H30N2/c1-51(2)47-19-11-9-17-43(47)44-31-29-42(34-48(44)51)53-49-20-12-10-18-45(49)46-33-41(30-32-50(46)53)52(39-25-21-37(22-26-39)35-13-5-3-6-14-35)40-27-23-38(24-28-40)36-15-7-4-8-16-36;1-4-12-35(13-5-1)38-20-26-41(27-21-38)49(42-28-22-39(23-29-42)36-14-6-2-7-15-36)44-32-33-46-45-18-10-11-19-47(45)50(48(46)34-44)43-30-24-40(25-31-43)37-16-8-3-9-17-37;1-4-12-31(13-5-1)33-20-24-36(25-21-33)43(37-26-22-34(23-27-37)32-14-6-2-7-15-32)38-28-29-42-40(30-38)39-18-10-11-19-41(39)44(42)35-16-8-3-9-17-35/h3-34H,1-2H3;1-34H;1-30H. The van der Waals surface area contributed by atoms with Gasteiger partial charge in [0.15, 0.2) is 0 Å². The van der Waals surface area contributed by atoms with Crippen LogP contribution in [-0.4, -0.2) is 13.7 Å². The van der Waals surface area contributed by atoms with Crippen molar-refractivity contribution in [1.29, 1.82) is 0 Å². The molecule has 26 aromatic rings. The molecule has 3 aromatic heterocycles. The molecule has 0 atom stereocenters. The van der Waals surface area contributed by atoms with E-state index in [2.05, 4.69) is 625 Å². The Balaban J connectivity index is 0.000000115. The fraction of sp³-hybridized carbons (Fsp3) is 0.0213. The van der Waals surface area contributed by atoms with E-state index in [0.29, 0.717) is 0 Å². The van der Waals surface area contributed by atoms with Gasteiger partial charge in [-0.2, -0.15) is 0 Å². The first kappa shape index (κ1) is 89.2. The molecule has 0 unspecified atom stereocenters. The topological polar surface area (TPSA) is 24.5 Å². The van der Waals surface area contributed by atoms with Gasteiger partial charge in [-0.1, -0.05) is 420 Å².